The molecular weight excluding hydrogens is 325 g/mol. The van der Waals surface area contributed by atoms with Crippen LogP contribution in [-0.4, -0.2) is 25.5 Å². The summed E-state index contributed by atoms with van der Waals surface area (Å²) in [6.45, 7) is 3.69. The Morgan fingerprint density at radius 3 is 2.30 bits per heavy atom. The molecule has 0 aliphatic carbocycles. The van der Waals surface area contributed by atoms with Crippen molar-refractivity contribution in [1.82, 2.24) is 4.72 Å². The summed E-state index contributed by atoms with van der Waals surface area (Å²) in [5.41, 5.74) is -0.343. The number of carboxylic acid groups (broad SMARTS) is 1. The van der Waals surface area contributed by atoms with Crippen LogP contribution in [0.4, 0.5) is 0 Å². The number of sulfonamides is 1. The largest absolute Gasteiger partial charge is 0.478 e. The van der Waals surface area contributed by atoms with E-state index in [2.05, 4.69) is 4.72 Å². The van der Waals surface area contributed by atoms with E-state index in [1.54, 1.807) is 0 Å². The molecule has 1 aromatic rings. The number of carboxylic acids is 1. The number of hydrogen-bond acceptors (Lipinski definition) is 3. The van der Waals surface area contributed by atoms with Gasteiger partial charge in [-0.3, -0.25) is 0 Å². The summed E-state index contributed by atoms with van der Waals surface area (Å²) in [5, 5.41) is 8.65. The van der Waals surface area contributed by atoms with Crippen LogP contribution in [0.1, 0.15) is 37.0 Å². The molecule has 0 saturated carbocycles. The molecule has 0 aliphatic rings. The smallest absolute Gasteiger partial charge is 0.337 e. The molecule has 0 unspecified atom stereocenters. The van der Waals surface area contributed by atoms with E-state index in [0.717, 1.165) is 12.1 Å². The maximum atomic E-state index is 12.3. The number of benzene rings is 1. The third kappa shape index (κ3) is 3.85. The highest BCUT2D eigenvalue weighted by atomic mass is 35.5. The average Bonchev–Trinajstić information content (AvgIpc) is 2.37. The number of halogens is 2. The Morgan fingerprint density at radius 1 is 1.30 bits per heavy atom. The van der Waals surface area contributed by atoms with Crippen molar-refractivity contribution in [3.63, 3.8) is 0 Å². The van der Waals surface area contributed by atoms with Gasteiger partial charge in [0.15, 0.2) is 0 Å². The van der Waals surface area contributed by atoms with Crippen LogP contribution in [0.25, 0.3) is 0 Å². The Hall–Kier alpha value is -0.820. The van der Waals surface area contributed by atoms with Crippen molar-refractivity contribution in [2.75, 3.05) is 0 Å². The van der Waals surface area contributed by atoms with Gasteiger partial charge in [0, 0.05) is 11.1 Å². The third-order valence-corrected chi connectivity index (χ3v) is 5.11. The molecule has 0 aliphatic heterocycles. The number of rotatable bonds is 6. The minimum absolute atomic E-state index is 0.00304. The summed E-state index contributed by atoms with van der Waals surface area (Å²) in [7, 11) is -3.92. The van der Waals surface area contributed by atoms with Gasteiger partial charge in [0.2, 0.25) is 10.0 Å². The summed E-state index contributed by atoms with van der Waals surface area (Å²) < 4.78 is 27.0. The Labute approximate surface area is 127 Å². The predicted octanol–water partition coefficient (Wildman–Crippen LogP) is 3.16. The van der Waals surface area contributed by atoms with E-state index in [4.69, 9.17) is 28.3 Å². The van der Waals surface area contributed by atoms with Crippen molar-refractivity contribution in [3.8, 4) is 0 Å². The number of aromatic carboxylic acids is 1. The van der Waals surface area contributed by atoms with E-state index in [0.29, 0.717) is 12.8 Å². The van der Waals surface area contributed by atoms with Gasteiger partial charge in [-0.25, -0.2) is 17.9 Å². The molecule has 0 radical (unpaired) electrons. The molecule has 8 heteroatoms. The van der Waals surface area contributed by atoms with Crippen molar-refractivity contribution >= 4 is 39.2 Å². The van der Waals surface area contributed by atoms with Gasteiger partial charge in [0.05, 0.1) is 10.6 Å². The molecule has 0 aromatic heterocycles. The summed E-state index contributed by atoms with van der Waals surface area (Å²) in [6, 6.07) is 2.01. The van der Waals surface area contributed by atoms with Gasteiger partial charge in [-0.1, -0.05) is 37.0 Å². The quantitative estimate of drug-likeness (QED) is 0.833. The maximum absolute atomic E-state index is 12.3. The molecule has 112 valence electrons. The molecule has 5 nitrogen and oxygen atoms in total. The van der Waals surface area contributed by atoms with Crippen LogP contribution in [-0.2, 0) is 10.0 Å². The molecule has 0 spiro atoms. The summed E-state index contributed by atoms with van der Waals surface area (Å²) >= 11 is 11.6. The van der Waals surface area contributed by atoms with Gasteiger partial charge in [-0.05, 0) is 25.0 Å². The van der Waals surface area contributed by atoms with Crippen molar-refractivity contribution in [1.29, 1.82) is 0 Å². The van der Waals surface area contributed by atoms with Gasteiger partial charge in [-0.2, -0.15) is 0 Å². The highest BCUT2D eigenvalue weighted by Crippen LogP contribution is 2.29. The molecule has 0 amide bonds. The van der Waals surface area contributed by atoms with Crippen LogP contribution in [0.2, 0.25) is 10.0 Å². The average molecular weight is 340 g/mol. The first-order valence-corrected chi connectivity index (χ1v) is 8.21. The number of nitrogens with one attached hydrogen (secondary N) is 1. The van der Waals surface area contributed by atoms with Crippen molar-refractivity contribution < 1.29 is 18.3 Å². The molecular formula is C12H15Cl2NO4S. The first kappa shape index (κ1) is 17.2. The van der Waals surface area contributed by atoms with Crippen LogP contribution in [0.15, 0.2) is 17.0 Å². The summed E-state index contributed by atoms with van der Waals surface area (Å²) in [4.78, 5) is 10.7. The predicted molar refractivity (Wildman–Crippen MR) is 78.1 cm³/mol. The number of hydrogen-bond donors (Lipinski definition) is 2. The second-order valence-electron chi connectivity index (χ2n) is 4.21. The lowest BCUT2D eigenvalue weighted by Gasteiger charge is -2.16. The Kier molecular flexibility index (Phi) is 5.82. The van der Waals surface area contributed by atoms with Crippen LogP contribution in [0.5, 0.6) is 0 Å². The highest BCUT2D eigenvalue weighted by Gasteiger charge is 2.25. The lowest BCUT2D eigenvalue weighted by atomic mass is 10.2. The first-order valence-electron chi connectivity index (χ1n) is 5.97. The van der Waals surface area contributed by atoms with E-state index < -0.39 is 16.0 Å². The molecule has 0 fully saturated rings. The van der Waals surface area contributed by atoms with Gasteiger partial charge in [0.25, 0.3) is 0 Å². The molecule has 1 rings (SSSR count). The van der Waals surface area contributed by atoms with E-state index >= 15 is 0 Å². The minimum Gasteiger partial charge on any atom is -0.478 e. The number of carbonyl (C=O) groups is 1. The maximum Gasteiger partial charge on any atom is 0.337 e. The summed E-state index contributed by atoms with van der Waals surface area (Å²) in [5.74, 6) is -1.34. The van der Waals surface area contributed by atoms with Crippen LogP contribution in [0.3, 0.4) is 0 Å². The van der Waals surface area contributed by atoms with Gasteiger partial charge >= 0.3 is 5.97 Å². The molecule has 1 aromatic carbocycles. The SMILES string of the molecule is CCC(CC)NS(=O)(=O)c1cc(Cl)cc(C(=O)O)c1Cl. The normalized spacial score (nSPS) is 11.8. The zero-order valence-electron chi connectivity index (χ0n) is 11.0. The monoisotopic (exact) mass is 339 g/mol. The molecule has 2 N–H and O–H groups in total. The second-order valence-corrected chi connectivity index (χ2v) is 6.70. The lowest BCUT2D eigenvalue weighted by molar-refractivity contribution is 0.0697. The fourth-order valence-electron chi connectivity index (χ4n) is 1.65. The first-order chi connectivity index (χ1) is 9.22. The Bertz CT molecular complexity index is 612. The zero-order valence-corrected chi connectivity index (χ0v) is 13.3. The Balaban J connectivity index is 3.35. The second kappa shape index (κ2) is 6.76. The van der Waals surface area contributed by atoms with E-state index in [9.17, 15) is 13.2 Å². The van der Waals surface area contributed by atoms with Crippen LogP contribution in [0, 0.1) is 0 Å². The summed E-state index contributed by atoms with van der Waals surface area (Å²) in [6.07, 6.45) is 1.22. The highest BCUT2D eigenvalue weighted by molar-refractivity contribution is 7.89. The Morgan fingerprint density at radius 2 is 1.85 bits per heavy atom. The lowest BCUT2D eigenvalue weighted by Crippen LogP contribution is -2.34. The minimum atomic E-state index is -3.92. The van der Waals surface area contributed by atoms with E-state index in [1.807, 2.05) is 13.8 Å². The van der Waals surface area contributed by atoms with Gasteiger partial charge < -0.3 is 5.11 Å². The van der Waals surface area contributed by atoms with Crippen molar-refractivity contribution in [2.45, 2.75) is 37.6 Å². The molecule has 0 atom stereocenters. The fraction of sp³-hybridized carbons (Fsp3) is 0.417. The van der Waals surface area contributed by atoms with Crippen LogP contribution >= 0.6 is 23.2 Å². The fourth-order valence-corrected chi connectivity index (χ4v) is 3.96. The molecule has 20 heavy (non-hydrogen) atoms. The van der Waals surface area contributed by atoms with Gasteiger partial charge in [-0.15, -0.1) is 0 Å². The van der Waals surface area contributed by atoms with E-state index in [-0.39, 0.29) is 26.5 Å². The molecule has 0 bridgehead atoms. The standard InChI is InChI=1S/C12H15Cl2NO4S/c1-3-8(4-2)15-20(18,19)10-6-7(13)5-9(11(10)14)12(16)17/h5-6,8,15H,3-4H2,1-2H3,(H,16,17). The van der Waals surface area contributed by atoms with Gasteiger partial charge in [0.1, 0.15) is 4.90 Å². The van der Waals surface area contributed by atoms with E-state index in [1.165, 1.54) is 0 Å². The molecule has 0 heterocycles. The van der Waals surface area contributed by atoms with Crippen molar-refractivity contribution in [2.24, 2.45) is 0 Å². The van der Waals surface area contributed by atoms with Crippen molar-refractivity contribution in [3.05, 3.63) is 27.7 Å². The van der Waals surface area contributed by atoms with Crippen LogP contribution < -0.4 is 4.72 Å². The molecule has 0 saturated heterocycles. The topological polar surface area (TPSA) is 83.5 Å². The zero-order chi connectivity index (χ0) is 15.5. The third-order valence-electron chi connectivity index (χ3n) is 2.83.